The number of hydrogen-bond acceptors (Lipinski definition) is 6. The van der Waals surface area contributed by atoms with Crippen molar-refractivity contribution in [3.8, 4) is 0 Å². The van der Waals surface area contributed by atoms with Crippen LogP contribution in [0.15, 0.2) is 21.5 Å². The van der Waals surface area contributed by atoms with Crippen molar-refractivity contribution >= 4 is 28.0 Å². The Morgan fingerprint density at radius 1 is 1.13 bits per heavy atom. The zero-order chi connectivity index (χ0) is 21.8. The molecule has 0 spiro atoms. The summed E-state index contributed by atoms with van der Waals surface area (Å²) in [4.78, 5) is 21.4. The van der Waals surface area contributed by atoms with E-state index in [0.717, 1.165) is 16.7 Å². The largest absolute Gasteiger partial charge is 0.434 e. The van der Waals surface area contributed by atoms with Crippen LogP contribution in [0.5, 0.6) is 0 Å². The van der Waals surface area contributed by atoms with E-state index >= 15 is 0 Å². The van der Waals surface area contributed by atoms with Gasteiger partial charge in [-0.2, -0.15) is 26.3 Å². The van der Waals surface area contributed by atoms with E-state index in [-0.39, 0.29) is 35.3 Å². The Morgan fingerprint density at radius 3 is 2.37 bits per heavy atom. The number of nitrogens with zero attached hydrogens (tertiary/aromatic N) is 3. The average molecular weight is 453 g/mol. The quantitative estimate of drug-likeness (QED) is 0.695. The predicted octanol–water partition coefficient (Wildman–Crippen LogP) is 3.64. The number of alkyl halides is 6. The number of aromatic nitrogens is 1. The van der Waals surface area contributed by atoms with Gasteiger partial charge in [-0.15, -0.1) is 11.3 Å². The van der Waals surface area contributed by atoms with Crippen LogP contribution in [0.4, 0.5) is 31.5 Å². The van der Waals surface area contributed by atoms with Gasteiger partial charge in [-0.25, -0.2) is 4.98 Å². The summed E-state index contributed by atoms with van der Waals surface area (Å²) in [5.41, 5.74) is -0.455. The Bertz CT molecular complexity index is 912. The van der Waals surface area contributed by atoms with Gasteiger partial charge in [0, 0.05) is 36.5 Å². The van der Waals surface area contributed by atoms with Gasteiger partial charge in [0.2, 0.25) is 0 Å². The number of aliphatic hydroxyl groups excluding tert-OH is 1. The Labute approximate surface area is 171 Å². The molecule has 4 rings (SSSR count). The van der Waals surface area contributed by atoms with E-state index in [9.17, 15) is 36.2 Å². The zero-order valence-corrected chi connectivity index (χ0v) is 16.2. The standard InChI is InChI=1S/C18H17F6N3O2S/c19-17(20,21)11-7-30-16(26-11)27-3-1-8(2-4-27)14-12-9(6-25-14)5-10(28)15(29)13(12)18(22,23)24/h7-8,13,15,29H,1-6H2/t13-,15+/m0/s1. The molecule has 1 N–H and O–H groups in total. The summed E-state index contributed by atoms with van der Waals surface area (Å²) in [6, 6.07) is 0. The molecule has 1 aromatic heterocycles. The van der Waals surface area contributed by atoms with Gasteiger partial charge in [0.05, 0.1) is 6.54 Å². The van der Waals surface area contributed by atoms with Crippen LogP contribution >= 0.6 is 11.3 Å². The summed E-state index contributed by atoms with van der Waals surface area (Å²) in [7, 11) is 0. The first-order valence-electron chi connectivity index (χ1n) is 9.28. The smallest absolute Gasteiger partial charge is 0.384 e. The van der Waals surface area contributed by atoms with Crippen LogP contribution in [0.1, 0.15) is 25.0 Å². The predicted molar refractivity (Wildman–Crippen MR) is 96.6 cm³/mol. The lowest BCUT2D eigenvalue weighted by atomic mass is 9.74. The maximum absolute atomic E-state index is 13.6. The number of ketones is 1. The lowest BCUT2D eigenvalue weighted by Gasteiger charge is -2.36. The zero-order valence-electron chi connectivity index (χ0n) is 15.4. The van der Waals surface area contributed by atoms with Gasteiger partial charge in [-0.3, -0.25) is 9.79 Å². The molecule has 30 heavy (non-hydrogen) atoms. The third kappa shape index (κ3) is 3.75. The molecule has 3 heterocycles. The Kier molecular flexibility index (Phi) is 5.20. The number of rotatable bonds is 2. The van der Waals surface area contributed by atoms with Crippen LogP contribution in [0.2, 0.25) is 0 Å². The number of aliphatic imine (C=N–C) groups is 1. The summed E-state index contributed by atoms with van der Waals surface area (Å²) < 4.78 is 79.1. The fourth-order valence-corrected chi connectivity index (χ4v) is 5.18. The number of carbonyl (C=O) groups is 1. The Morgan fingerprint density at radius 2 is 1.80 bits per heavy atom. The van der Waals surface area contributed by atoms with Crippen molar-refractivity contribution in [3.05, 3.63) is 22.2 Å². The van der Waals surface area contributed by atoms with E-state index in [1.54, 1.807) is 4.90 Å². The molecule has 0 radical (unpaired) electrons. The number of hydrogen-bond donors (Lipinski definition) is 1. The molecule has 0 aromatic carbocycles. The monoisotopic (exact) mass is 453 g/mol. The van der Waals surface area contributed by atoms with Gasteiger partial charge < -0.3 is 10.0 Å². The van der Waals surface area contributed by atoms with Crippen LogP contribution in [-0.2, 0) is 11.0 Å². The van der Waals surface area contributed by atoms with Crippen molar-refractivity contribution in [1.82, 2.24) is 4.98 Å². The minimum Gasteiger partial charge on any atom is -0.384 e. The van der Waals surface area contributed by atoms with Gasteiger partial charge >= 0.3 is 12.4 Å². The normalized spacial score (nSPS) is 26.3. The molecular weight excluding hydrogens is 436 g/mol. The average Bonchev–Trinajstić information content (AvgIpc) is 3.29. The van der Waals surface area contributed by atoms with Crippen molar-refractivity contribution in [2.75, 3.05) is 24.5 Å². The van der Waals surface area contributed by atoms with E-state index in [2.05, 4.69) is 9.98 Å². The van der Waals surface area contributed by atoms with Crippen molar-refractivity contribution in [2.45, 2.75) is 37.7 Å². The van der Waals surface area contributed by atoms with Crippen LogP contribution in [0.25, 0.3) is 0 Å². The SMILES string of the molecule is O=C1CC2=C(C(C3CCN(c4nc(C(F)(F)F)cs4)CC3)=NC2)[C@H](C(F)(F)F)[C@@H]1O. The van der Waals surface area contributed by atoms with Crippen LogP contribution in [0.3, 0.4) is 0 Å². The highest BCUT2D eigenvalue weighted by atomic mass is 32.1. The fraction of sp³-hybridized carbons (Fsp3) is 0.611. The third-order valence-electron chi connectivity index (χ3n) is 5.73. The van der Waals surface area contributed by atoms with Gasteiger partial charge in [-0.05, 0) is 24.0 Å². The van der Waals surface area contributed by atoms with E-state index in [0.29, 0.717) is 31.5 Å². The fourth-order valence-electron chi connectivity index (χ4n) is 4.30. The highest BCUT2D eigenvalue weighted by Gasteiger charge is 2.54. The molecule has 0 unspecified atom stereocenters. The Balaban J connectivity index is 1.50. The molecule has 1 fully saturated rings. The first-order chi connectivity index (χ1) is 14.0. The molecule has 1 saturated heterocycles. The molecule has 12 heteroatoms. The highest BCUT2D eigenvalue weighted by molar-refractivity contribution is 7.13. The lowest BCUT2D eigenvalue weighted by Crippen LogP contribution is -2.46. The van der Waals surface area contributed by atoms with Crippen LogP contribution < -0.4 is 4.90 Å². The second-order valence-corrected chi connectivity index (χ2v) is 8.44. The summed E-state index contributed by atoms with van der Waals surface area (Å²) >= 11 is 0.875. The van der Waals surface area contributed by atoms with Crippen molar-refractivity contribution in [2.24, 2.45) is 16.8 Å². The molecule has 2 atom stereocenters. The maximum atomic E-state index is 13.6. The lowest BCUT2D eigenvalue weighted by molar-refractivity contribution is -0.190. The number of thiazole rings is 1. The molecule has 0 saturated carbocycles. The van der Waals surface area contributed by atoms with Crippen molar-refractivity contribution in [3.63, 3.8) is 0 Å². The number of Topliss-reactive ketones (excluding diaryl/α,β-unsaturated/α-hetero) is 1. The van der Waals surface area contributed by atoms with E-state index in [4.69, 9.17) is 0 Å². The summed E-state index contributed by atoms with van der Waals surface area (Å²) in [5, 5.41) is 11.1. The van der Waals surface area contributed by atoms with Crippen LogP contribution in [-0.4, -0.2) is 53.5 Å². The molecule has 2 aliphatic heterocycles. The first-order valence-corrected chi connectivity index (χ1v) is 10.2. The topological polar surface area (TPSA) is 65.8 Å². The second kappa shape index (κ2) is 7.33. The molecule has 0 amide bonds. The van der Waals surface area contributed by atoms with Crippen molar-refractivity contribution in [1.29, 1.82) is 0 Å². The molecule has 1 aliphatic carbocycles. The van der Waals surface area contributed by atoms with E-state index < -0.39 is 35.9 Å². The minimum absolute atomic E-state index is 0.0113. The number of halogens is 6. The molecular formula is C18H17F6N3O2S. The third-order valence-corrected chi connectivity index (χ3v) is 6.63. The first kappa shape index (κ1) is 21.3. The van der Waals surface area contributed by atoms with E-state index in [1.807, 2.05) is 0 Å². The molecule has 5 nitrogen and oxygen atoms in total. The number of carbonyl (C=O) groups excluding carboxylic acids is 1. The van der Waals surface area contributed by atoms with Gasteiger partial charge in [0.25, 0.3) is 0 Å². The minimum atomic E-state index is -4.78. The van der Waals surface area contributed by atoms with Gasteiger partial charge in [0.15, 0.2) is 16.6 Å². The summed E-state index contributed by atoms with van der Waals surface area (Å²) in [5.74, 6) is -3.45. The molecule has 0 bridgehead atoms. The Hall–Kier alpha value is -1.95. The number of anilines is 1. The van der Waals surface area contributed by atoms with Crippen molar-refractivity contribution < 1.29 is 36.2 Å². The molecule has 1 aromatic rings. The van der Waals surface area contributed by atoms with Gasteiger partial charge in [0.1, 0.15) is 12.0 Å². The van der Waals surface area contributed by atoms with E-state index in [1.165, 1.54) is 0 Å². The summed E-state index contributed by atoms with van der Waals surface area (Å²) in [6.07, 6.45) is -10.9. The number of piperidine rings is 1. The second-order valence-electron chi connectivity index (χ2n) is 7.60. The van der Waals surface area contributed by atoms with Gasteiger partial charge in [-0.1, -0.05) is 0 Å². The van der Waals surface area contributed by atoms with Crippen LogP contribution in [0, 0.1) is 11.8 Å². The molecule has 164 valence electrons. The number of aliphatic hydroxyl groups is 1. The molecule has 3 aliphatic rings. The maximum Gasteiger partial charge on any atom is 0.434 e. The highest BCUT2D eigenvalue weighted by Crippen LogP contribution is 2.45. The summed E-state index contributed by atoms with van der Waals surface area (Å²) in [6.45, 7) is 0.669.